The number of benzene rings is 2. The molecule has 4 rings (SSSR count). The molecule has 2 aliphatic rings. The van der Waals surface area contributed by atoms with E-state index in [-0.39, 0.29) is 50.8 Å². The molecule has 2 aliphatic carbocycles. The van der Waals surface area contributed by atoms with E-state index in [4.69, 9.17) is 0 Å². The fraction of sp³-hybridized carbons (Fsp3) is 0.480. The molecule has 1 fully saturated rings. The smallest absolute Gasteiger partial charge is 0.0792 e. The topological polar surface area (TPSA) is 40.5 Å². The molecule has 0 aromatic heterocycles. The van der Waals surface area contributed by atoms with Gasteiger partial charge in [-0.25, -0.2) is 0 Å². The van der Waals surface area contributed by atoms with Crippen LogP contribution < -0.4 is 0 Å². The summed E-state index contributed by atoms with van der Waals surface area (Å²) in [7, 11) is 0. The zero-order valence-corrected chi connectivity index (χ0v) is 19.5. The van der Waals surface area contributed by atoms with Crippen LogP contribution in [0.2, 0.25) is 0 Å². The first-order chi connectivity index (χ1) is 13.2. The summed E-state index contributed by atoms with van der Waals surface area (Å²) in [6, 6.07) is 15.1. The van der Waals surface area contributed by atoms with Crippen molar-refractivity contribution in [3.63, 3.8) is 0 Å². The Morgan fingerprint density at radius 1 is 0.893 bits per heavy atom. The fourth-order valence-corrected chi connectivity index (χ4v) is 5.26. The predicted octanol–water partition coefficient (Wildman–Crippen LogP) is 4.92. The van der Waals surface area contributed by atoms with Gasteiger partial charge in [-0.1, -0.05) is 54.4 Å². The normalized spacial score (nSPS) is 27.0. The second-order valence-electron chi connectivity index (χ2n) is 8.37. The van der Waals surface area contributed by atoms with Crippen LogP contribution in [0.1, 0.15) is 71.9 Å². The molecule has 0 saturated heterocycles. The van der Waals surface area contributed by atoms with Gasteiger partial charge in [-0.3, -0.25) is 0 Å². The van der Waals surface area contributed by atoms with Crippen molar-refractivity contribution in [2.45, 2.75) is 69.5 Å². The Hall–Kier alpha value is -0.536. The maximum atomic E-state index is 10.8. The molecule has 0 amide bonds. The van der Waals surface area contributed by atoms with E-state index >= 15 is 0 Å². The van der Waals surface area contributed by atoms with Gasteiger partial charge in [-0.15, -0.1) is 0 Å². The van der Waals surface area contributed by atoms with E-state index in [0.717, 1.165) is 56.9 Å². The first-order valence-electron chi connectivity index (χ1n) is 10.5. The Labute approximate surface area is 194 Å². The van der Waals surface area contributed by atoms with Gasteiger partial charge in [0.05, 0.1) is 12.2 Å². The standard InChI is InChI=1S/C25H31O2.Y/c1-2-17-7-5-8-18(15-17)16-23-21(13-14-25(23)27)19-10-6-11-22-20(19)9-3-4-12-24(22)26;/h5-8,10-11,15,21,23-27H,1-4,9,12-14,16H2;/q-1;. The maximum Gasteiger partial charge on any atom is 0.0792 e. The van der Waals surface area contributed by atoms with Crippen LogP contribution in [-0.2, 0) is 52.0 Å². The Bertz CT molecular complexity index is 788. The molecule has 0 bridgehead atoms. The second kappa shape index (κ2) is 9.98. The van der Waals surface area contributed by atoms with E-state index in [1.807, 2.05) is 0 Å². The van der Waals surface area contributed by atoms with Crippen molar-refractivity contribution in [1.82, 2.24) is 0 Å². The maximum absolute atomic E-state index is 10.8. The summed E-state index contributed by atoms with van der Waals surface area (Å²) in [4.78, 5) is 0. The predicted molar refractivity (Wildman–Crippen MR) is 110 cm³/mol. The summed E-state index contributed by atoms with van der Waals surface area (Å²) in [5.74, 6) is 0.626. The number of rotatable bonds is 4. The molecular formula is C25H31O2Y-. The second-order valence-corrected chi connectivity index (χ2v) is 8.37. The molecule has 3 heteroatoms. The molecule has 0 spiro atoms. The molecule has 1 saturated carbocycles. The quantitative estimate of drug-likeness (QED) is 0.511. The summed E-state index contributed by atoms with van der Waals surface area (Å²) >= 11 is 0. The summed E-state index contributed by atoms with van der Waals surface area (Å²) in [6.07, 6.45) is 7.19. The van der Waals surface area contributed by atoms with Gasteiger partial charge in [0, 0.05) is 32.7 Å². The molecule has 2 N–H and O–H groups in total. The zero-order valence-electron chi connectivity index (χ0n) is 16.7. The SMILES string of the molecule is [CH2-]Cc1cccc(CC2C(O)CCC2c2cccc3c2CCCCC3O)c1.[Y]. The average Bonchev–Trinajstić information content (AvgIpc) is 2.93. The van der Waals surface area contributed by atoms with Crippen molar-refractivity contribution in [2.24, 2.45) is 5.92 Å². The average molecular weight is 452 g/mol. The van der Waals surface area contributed by atoms with Crippen molar-refractivity contribution < 1.29 is 42.9 Å². The van der Waals surface area contributed by atoms with Crippen LogP contribution in [0.25, 0.3) is 0 Å². The van der Waals surface area contributed by atoms with Gasteiger partial charge in [0.1, 0.15) is 0 Å². The molecule has 147 valence electrons. The van der Waals surface area contributed by atoms with Gasteiger partial charge in [0.25, 0.3) is 0 Å². The third-order valence-electron chi connectivity index (χ3n) is 6.70. The zero-order chi connectivity index (χ0) is 18.8. The Balaban J connectivity index is 0.00000225. The van der Waals surface area contributed by atoms with Crippen LogP contribution in [0, 0.1) is 12.8 Å². The first kappa shape index (κ1) is 22.2. The summed E-state index contributed by atoms with van der Waals surface area (Å²) in [5.41, 5.74) is 6.42. The molecule has 28 heavy (non-hydrogen) atoms. The molecular weight excluding hydrogens is 421 g/mol. The molecule has 1 radical (unpaired) electrons. The van der Waals surface area contributed by atoms with E-state index < -0.39 is 0 Å². The number of fused-ring (bicyclic) bond motifs is 1. The number of aliphatic hydroxyl groups is 2. The van der Waals surface area contributed by atoms with E-state index in [9.17, 15) is 10.2 Å². The molecule has 4 unspecified atom stereocenters. The third kappa shape index (κ3) is 4.62. The van der Waals surface area contributed by atoms with Gasteiger partial charge < -0.3 is 17.1 Å². The Kier molecular flexibility index (Phi) is 7.90. The molecule has 0 heterocycles. The van der Waals surface area contributed by atoms with Gasteiger partial charge in [0.2, 0.25) is 0 Å². The van der Waals surface area contributed by atoms with Crippen LogP contribution in [0.4, 0.5) is 0 Å². The minimum Gasteiger partial charge on any atom is -0.393 e. The summed E-state index contributed by atoms with van der Waals surface area (Å²) in [5, 5.41) is 21.3. The monoisotopic (exact) mass is 452 g/mol. The molecule has 2 aromatic rings. The molecule has 2 aromatic carbocycles. The molecule has 4 atom stereocenters. The van der Waals surface area contributed by atoms with Crippen molar-refractivity contribution >= 4 is 0 Å². The van der Waals surface area contributed by atoms with Gasteiger partial charge >= 0.3 is 0 Å². The number of hydrogen-bond acceptors (Lipinski definition) is 2. The van der Waals surface area contributed by atoms with Crippen molar-refractivity contribution in [1.29, 1.82) is 0 Å². The van der Waals surface area contributed by atoms with E-state index in [1.54, 1.807) is 0 Å². The summed E-state index contributed by atoms with van der Waals surface area (Å²) in [6.45, 7) is 4.00. The largest absolute Gasteiger partial charge is 0.393 e. The Morgan fingerprint density at radius 2 is 1.64 bits per heavy atom. The minimum absolute atomic E-state index is 0. The van der Waals surface area contributed by atoms with Crippen molar-refractivity contribution in [3.05, 3.63) is 77.2 Å². The van der Waals surface area contributed by atoms with E-state index in [0.29, 0.717) is 5.92 Å². The molecule has 2 nitrogen and oxygen atoms in total. The van der Waals surface area contributed by atoms with E-state index in [1.165, 1.54) is 22.3 Å². The minimum atomic E-state index is -0.332. The van der Waals surface area contributed by atoms with E-state index in [2.05, 4.69) is 49.4 Å². The van der Waals surface area contributed by atoms with Crippen LogP contribution in [0.3, 0.4) is 0 Å². The van der Waals surface area contributed by atoms with Gasteiger partial charge in [-0.2, -0.15) is 6.42 Å². The van der Waals surface area contributed by atoms with Crippen LogP contribution in [0.5, 0.6) is 0 Å². The van der Waals surface area contributed by atoms with Crippen LogP contribution in [0.15, 0.2) is 42.5 Å². The summed E-state index contributed by atoms with van der Waals surface area (Å²) < 4.78 is 0. The number of aliphatic hydroxyl groups excluding tert-OH is 2. The van der Waals surface area contributed by atoms with Crippen LogP contribution >= 0.6 is 0 Å². The van der Waals surface area contributed by atoms with Gasteiger partial charge in [-0.05, 0) is 72.6 Å². The number of hydrogen-bond donors (Lipinski definition) is 2. The van der Waals surface area contributed by atoms with Crippen molar-refractivity contribution in [2.75, 3.05) is 0 Å². The van der Waals surface area contributed by atoms with Crippen molar-refractivity contribution in [3.8, 4) is 0 Å². The molecule has 0 aliphatic heterocycles. The Morgan fingerprint density at radius 3 is 2.46 bits per heavy atom. The van der Waals surface area contributed by atoms with Gasteiger partial charge in [0.15, 0.2) is 0 Å². The fourth-order valence-electron chi connectivity index (χ4n) is 5.26. The first-order valence-corrected chi connectivity index (χ1v) is 10.5. The third-order valence-corrected chi connectivity index (χ3v) is 6.70. The van der Waals surface area contributed by atoms with Crippen LogP contribution in [-0.4, -0.2) is 16.3 Å².